The number of hydrogen-bond donors (Lipinski definition) is 1. The van der Waals surface area contributed by atoms with E-state index in [9.17, 15) is 22.4 Å². The molecule has 3 rings (SSSR count). The van der Waals surface area contributed by atoms with Crippen molar-refractivity contribution in [3.05, 3.63) is 76.9 Å². The maximum Gasteiger partial charge on any atom is 0.419 e. The quantitative estimate of drug-likeness (QED) is 0.679. The predicted molar refractivity (Wildman–Crippen MR) is 93.4 cm³/mol. The molecule has 0 aliphatic rings. The zero-order valence-corrected chi connectivity index (χ0v) is 14.4. The molecular formula is C20H16F4N2O. The molecule has 1 heterocycles. The number of aryl methyl sites for hydroxylation is 1. The molecule has 0 spiro atoms. The van der Waals surface area contributed by atoms with Gasteiger partial charge in [-0.15, -0.1) is 0 Å². The SMILES string of the molecule is Cc1cc2c(CC(=O)NCc3ccc(C(F)(F)F)c(F)c3)cccc2cn1. The van der Waals surface area contributed by atoms with Crippen LogP contribution in [0.25, 0.3) is 10.8 Å². The summed E-state index contributed by atoms with van der Waals surface area (Å²) in [5, 5.41) is 4.44. The summed E-state index contributed by atoms with van der Waals surface area (Å²) in [5.74, 6) is -1.66. The van der Waals surface area contributed by atoms with Crippen LogP contribution in [0.2, 0.25) is 0 Å². The Labute approximate surface area is 153 Å². The third kappa shape index (κ3) is 4.42. The molecule has 27 heavy (non-hydrogen) atoms. The number of benzene rings is 2. The average molecular weight is 376 g/mol. The zero-order valence-electron chi connectivity index (χ0n) is 14.4. The number of hydrogen-bond acceptors (Lipinski definition) is 2. The lowest BCUT2D eigenvalue weighted by Crippen LogP contribution is -2.24. The van der Waals surface area contributed by atoms with Gasteiger partial charge in [-0.2, -0.15) is 13.2 Å². The summed E-state index contributed by atoms with van der Waals surface area (Å²) in [4.78, 5) is 16.4. The van der Waals surface area contributed by atoms with E-state index in [1.54, 1.807) is 6.20 Å². The molecule has 1 aromatic heterocycles. The molecule has 3 aromatic rings. The summed E-state index contributed by atoms with van der Waals surface area (Å²) in [6.45, 7) is 1.80. The molecule has 2 aromatic carbocycles. The van der Waals surface area contributed by atoms with Gasteiger partial charge in [0.25, 0.3) is 0 Å². The Morgan fingerprint density at radius 3 is 2.63 bits per heavy atom. The second-order valence-corrected chi connectivity index (χ2v) is 6.23. The monoisotopic (exact) mass is 376 g/mol. The average Bonchev–Trinajstić information content (AvgIpc) is 2.59. The van der Waals surface area contributed by atoms with E-state index in [4.69, 9.17) is 0 Å². The zero-order chi connectivity index (χ0) is 19.6. The van der Waals surface area contributed by atoms with E-state index in [0.29, 0.717) is 6.07 Å². The molecule has 0 radical (unpaired) electrons. The van der Waals surface area contributed by atoms with Crippen molar-refractivity contribution >= 4 is 16.7 Å². The number of nitrogens with one attached hydrogen (secondary N) is 1. The van der Waals surface area contributed by atoms with Crippen molar-refractivity contribution < 1.29 is 22.4 Å². The van der Waals surface area contributed by atoms with Crippen LogP contribution in [0.15, 0.2) is 48.7 Å². The maximum atomic E-state index is 13.6. The van der Waals surface area contributed by atoms with Crippen molar-refractivity contribution in [2.24, 2.45) is 0 Å². The van der Waals surface area contributed by atoms with Crippen LogP contribution in [0.5, 0.6) is 0 Å². The van der Waals surface area contributed by atoms with Crippen LogP contribution < -0.4 is 5.32 Å². The van der Waals surface area contributed by atoms with Crippen LogP contribution in [0.1, 0.15) is 22.4 Å². The van der Waals surface area contributed by atoms with Crippen molar-refractivity contribution in [1.29, 1.82) is 0 Å². The number of pyridine rings is 1. The molecule has 7 heteroatoms. The normalized spacial score (nSPS) is 11.6. The summed E-state index contributed by atoms with van der Waals surface area (Å²) in [6, 6.07) is 10.1. The lowest BCUT2D eigenvalue weighted by Gasteiger charge is -2.11. The lowest BCUT2D eigenvalue weighted by molar-refractivity contribution is -0.140. The highest BCUT2D eigenvalue weighted by Crippen LogP contribution is 2.31. The minimum absolute atomic E-state index is 0.0563. The highest BCUT2D eigenvalue weighted by molar-refractivity contribution is 5.90. The topological polar surface area (TPSA) is 42.0 Å². The Bertz CT molecular complexity index is 999. The Morgan fingerprint density at radius 1 is 1.15 bits per heavy atom. The third-order valence-electron chi connectivity index (χ3n) is 4.17. The Hall–Kier alpha value is -2.96. The molecule has 1 N–H and O–H groups in total. The van der Waals surface area contributed by atoms with Crippen molar-refractivity contribution in [1.82, 2.24) is 10.3 Å². The number of carbonyl (C=O) groups is 1. The van der Waals surface area contributed by atoms with Crippen LogP contribution >= 0.6 is 0 Å². The Kier molecular flexibility index (Phi) is 5.12. The maximum absolute atomic E-state index is 13.6. The smallest absolute Gasteiger partial charge is 0.352 e. The fourth-order valence-electron chi connectivity index (χ4n) is 2.83. The highest BCUT2D eigenvalue weighted by atomic mass is 19.4. The number of halogens is 4. The largest absolute Gasteiger partial charge is 0.419 e. The molecule has 1 amide bonds. The molecule has 0 unspecified atom stereocenters. The van der Waals surface area contributed by atoms with E-state index >= 15 is 0 Å². The number of fused-ring (bicyclic) bond motifs is 1. The van der Waals surface area contributed by atoms with Crippen molar-refractivity contribution in [2.75, 3.05) is 0 Å². The molecule has 0 bridgehead atoms. The molecular weight excluding hydrogens is 360 g/mol. The highest BCUT2D eigenvalue weighted by Gasteiger charge is 2.33. The second kappa shape index (κ2) is 7.34. The molecule has 0 aliphatic heterocycles. The lowest BCUT2D eigenvalue weighted by atomic mass is 10.0. The van der Waals surface area contributed by atoms with Crippen LogP contribution in [0.3, 0.4) is 0 Å². The van der Waals surface area contributed by atoms with Gasteiger partial charge in [-0.05, 0) is 41.6 Å². The van der Waals surface area contributed by atoms with Gasteiger partial charge in [-0.1, -0.05) is 24.3 Å². The van der Waals surface area contributed by atoms with Gasteiger partial charge in [0.15, 0.2) is 0 Å². The van der Waals surface area contributed by atoms with Crippen LogP contribution in [-0.4, -0.2) is 10.9 Å². The standard InChI is InChI=1S/C20H16F4N2O/c1-12-7-16-14(3-2-4-15(16)11-25-12)9-19(27)26-10-13-5-6-17(18(21)8-13)20(22,23)24/h2-8,11H,9-10H2,1H3,(H,26,27). The second-order valence-electron chi connectivity index (χ2n) is 6.23. The summed E-state index contributed by atoms with van der Waals surface area (Å²) in [5.41, 5.74) is 0.578. The van der Waals surface area contributed by atoms with Gasteiger partial charge in [0, 0.05) is 23.8 Å². The van der Waals surface area contributed by atoms with E-state index in [1.807, 2.05) is 31.2 Å². The minimum atomic E-state index is -4.74. The van der Waals surface area contributed by atoms with Crippen LogP contribution in [0.4, 0.5) is 17.6 Å². The molecule has 0 saturated heterocycles. The fourth-order valence-corrected chi connectivity index (χ4v) is 2.83. The van der Waals surface area contributed by atoms with Gasteiger partial charge >= 0.3 is 6.18 Å². The molecule has 0 saturated carbocycles. The number of alkyl halides is 3. The summed E-state index contributed by atoms with van der Waals surface area (Å²) >= 11 is 0. The van der Waals surface area contributed by atoms with E-state index in [-0.39, 0.29) is 24.4 Å². The van der Waals surface area contributed by atoms with Gasteiger partial charge in [0.2, 0.25) is 5.91 Å². The van der Waals surface area contributed by atoms with E-state index in [0.717, 1.165) is 34.2 Å². The Morgan fingerprint density at radius 2 is 1.93 bits per heavy atom. The van der Waals surface area contributed by atoms with Gasteiger partial charge in [0.05, 0.1) is 12.0 Å². The van der Waals surface area contributed by atoms with Gasteiger partial charge in [-0.3, -0.25) is 9.78 Å². The first-order valence-electron chi connectivity index (χ1n) is 8.20. The number of nitrogens with zero attached hydrogens (tertiary/aromatic N) is 1. The van der Waals surface area contributed by atoms with E-state index in [1.165, 1.54) is 0 Å². The molecule has 0 aliphatic carbocycles. The third-order valence-corrected chi connectivity index (χ3v) is 4.17. The van der Waals surface area contributed by atoms with E-state index < -0.39 is 17.6 Å². The first kappa shape index (κ1) is 18.8. The predicted octanol–water partition coefficient (Wildman–Crippen LogP) is 4.56. The van der Waals surface area contributed by atoms with Gasteiger partial charge in [-0.25, -0.2) is 4.39 Å². The summed E-state index contributed by atoms with van der Waals surface area (Å²) in [7, 11) is 0. The Balaban J connectivity index is 1.69. The number of carbonyl (C=O) groups excluding carboxylic acids is 1. The summed E-state index contributed by atoms with van der Waals surface area (Å²) < 4.78 is 51.3. The number of aromatic nitrogens is 1. The van der Waals surface area contributed by atoms with Crippen LogP contribution in [0, 0.1) is 12.7 Å². The van der Waals surface area contributed by atoms with Crippen molar-refractivity contribution in [2.45, 2.75) is 26.1 Å². The van der Waals surface area contributed by atoms with Crippen LogP contribution in [-0.2, 0) is 23.9 Å². The minimum Gasteiger partial charge on any atom is -0.352 e. The first-order valence-corrected chi connectivity index (χ1v) is 8.20. The fraction of sp³-hybridized carbons (Fsp3) is 0.200. The van der Waals surface area contributed by atoms with Crippen molar-refractivity contribution in [3.63, 3.8) is 0 Å². The summed E-state index contributed by atoms with van der Waals surface area (Å²) in [6.07, 6.45) is -2.91. The molecule has 3 nitrogen and oxygen atoms in total. The van der Waals surface area contributed by atoms with E-state index in [2.05, 4.69) is 10.3 Å². The molecule has 0 atom stereocenters. The van der Waals surface area contributed by atoms with Gasteiger partial charge < -0.3 is 5.32 Å². The van der Waals surface area contributed by atoms with Gasteiger partial charge in [0.1, 0.15) is 5.82 Å². The molecule has 140 valence electrons. The van der Waals surface area contributed by atoms with Crippen molar-refractivity contribution in [3.8, 4) is 0 Å². The number of amides is 1. The first-order chi connectivity index (χ1) is 12.7. The molecule has 0 fully saturated rings. The number of rotatable bonds is 4.